The Hall–Kier alpha value is -3.23. The van der Waals surface area contributed by atoms with Crippen LogP contribution in [0.1, 0.15) is 42.5 Å². The molecule has 9 heteroatoms. The predicted molar refractivity (Wildman–Crippen MR) is 99.2 cm³/mol. The van der Waals surface area contributed by atoms with Crippen molar-refractivity contribution in [2.24, 2.45) is 5.92 Å². The molecule has 9 nitrogen and oxygen atoms in total. The average Bonchev–Trinajstić information content (AvgIpc) is 3.06. The fraction of sp³-hybridized carbons (Fsp3) is 0.421. The van der Waals surface area contributed by atoms with E-state index in [-0.39, 0.29) is 28.6 Å². The van der Waals surface area contributed by atoms with Crippen LogP contribution in [0.3, 0.4) is 0 Å². The Labute approximate surface area is 159 Å². The quantitative estimate of drug-likeness (QED) is 0.615. The number of carbonyl (C=O) groups excluding carboxylic acids is 1. The number of likely N-dealkylation sites (tertiary alicyclic amines) is 1. The van der Waals surface area contributed by atoms with Crippen molar-refractivity contribution in [3.8, 4) is 0 Å². The molecule has 2 heterocycles. The van der Waals surface area contributed by atoms with Crippen LogP contribution in [0.2, 0.25) is 0 Å². The molecule has 2 aromatic rings. The molecule has 2 fully saturated rings. The standard InChI is InChI=1S/C19H19N3O6/c23-17-9-13(12-8-11(22(27)28)5-6-14(12)20-17)18(24)21-15-4-2-1-3-10(15)7-16(21)19(25)26/h5-6,8-10,15-16H,1-4,7H2,(H,20,23)(H,25,26). The lowest BCUT2D eigenvalue weighted by molar-refractivity contribution is -0.384. The summed E-state index contributed by atoms with van der Waals surface area (Å²) in [6, 6.07) is 3.84. The second-order valence-corrected chi connectivity index (χ2v) is 7.45. The van der Waals surface area contributed by atoms with Crippen LogP contribution in [0, 0.1) is 16.0 Å². The van der Waals surface area contributed by atoms with Crippen molar-refractivity contribution in [1.29, 1.82) is 0 Å². The Morgan fingerprint density at radius 3 is 2.68 bits per heavy atom. The number of benzene rings is 1. The zero-order chi connectivity index (χ0) is 20.0. The highest BCUT2D eigenvalue weighted by molar-refractivity contribution is 6.07. The number of hydrogen-bond acceptors (Lipinski definition) is 5. The minimum Gasteiger partial charge on any atom is -0.480 e. The lowest BCUT2D eigenvalue weighted by atomic mass is 9.84. The number of aliphatic carboxylic acids is 1. The summed E-state index contributed by atoms with van der Waals surface area (Å²) in [6.07, 6.45) is 3.92. The van der Waals surface area contributed by atoms with E-state index in [4.69, 9.17) is 0 Å². The molecule has 1 aromatic carbocycles. The number of H-pyrrole nitrogens is 1. The molecule has 1 saturated heterocycles. The fourth-order valence-corrected chi connectivity index (χ4v) is 4.64. The first-order valence-electron chi connectivity index (χ1n) is 9.24. The molecule has 1 amide bonds. The molecule has 28 heavy (non-hydrogen) atoms. The average molecular weight is 385 g/mol. The van der Waals surface area contributed by atoms with Crippen molar-refractivity contribution in [1.82, 2.24) is 9.88 Å². The number of nitro benzene ring substituents is 1. The number of carboxylic acids is 1. The van der Waals surface area contributed by atoms with Crippen LogP contribution in [0.5, 0.6) is 0 Å². The minimum atomic E-state index is -1.07. The van der Waals surface area contributed by atoms with E-state index in [1.807, 2.05) is 0 Å². The molecule has 0 radical (unpaired) electrons. The predicted octanol–water partition coefficient (Wildman–Crippen LogP) is 2.29. The van der Waals surface area contributed by atoms with Gasteiger partial charge < -0.3 is 15.0 Å². The van der Waals surface area contributed by atoms with E-state index in [0.717, 1.165) is 31.7 Å². The van der Waals surface area contributed by atoms with E-state index < -0.39 is 28.4 Å². The summed E-state index contributed by atoms with van der Waals surface area (Å²) in [5.74, 6) is -1.50. The van der Waals surface area contributed by atoms with Crippen LogP contribution in [0.15, 0.2) is 29.1 Å². The van der Waals surface area contributed by atoms with Gasteiger partial charge in [0.05, 0.1) is 10.5 Å². The number of hydrogen-bond donors (Lipinski definition) is 2. The van der Waals surface area contributed by atoms with Gasteiger partial charge in [-0.25, -0.2) is 4.79 Å². The second kappa shape index (κ2) is 6.74. The number of rotatable bonds is 3. The van der Waals surface area contributed by atoms with E-state index in [1.54, 1.807) is 0 Å². The van der Waals surface area contributed by atoms with Gasteiger partial charge in [0.25, 0.3) is 11.6 Å². The largest absolute Gasteiger partial charge is 0.480 e. The third-order valence-corrected chi connectivity index (χ3v) is 5.88. The van der Waals surface area contributed by atoms with Crippen molar-refractivity contribution in [2.75, 3.05) is 0 Å². The van der Waals surface area contributed by atoms with Gasteiger partial charge in [-0.2, -0.15) is 0 Å². The molecule has 1 aliphatic heterocycles. The molecule has 1 saturated carbocycles. The number of nitro groups is 1. The Morgan fingerprint density at radius 2 is 1.96 bits per heavy atom. The van der Waals surface area contributed by atoms with E-state index in [0.29, 0.717) is 11.9 Å². The number of amides is 1. The minimum absolute atomic E-state index is 0.0000709. The van der Waals surface area contributed by atoms with Gasteiger partial charge in [0.2, 0.25) is 5.56 Å². The number of fused-ring (bicyclic) bond motifs is 2. The third kappa shape index (κ3) is 2.92. The maximum absolute atomic E-state index is 13.4. The summed E-state index contributed by atoms with van der Waals surface area (Å²) < 4.78 is 0. The molecule has 0 bridgehead atoms. The molecular formula is C19H19N3O6. The molecule has 3 atom stereocenters. The number of carboxylic acid groups (broad SMARTS) is 1. The molecule has 4 rings (SSSR count). The van der Waals surface area contributed by atoms with Gasteiger partial charge in [0, 0.05) is 35.1 Å². The van der Waals surface area contributed by atoms with E-state index in [2.05, 4.69) is 4.98 Å². The Kier molecular flexibility index (Phi) is 4.37. The summed E-state index contributed by atoms with van der Waals surface area (Å²) in [4.78, 5) is 51.8. The molecule has 3 unspecified atom stereocenters. The molecule has 1 aromatic heterocycles. The highest BCUT2D eigenvalue weighted by Crippen LogP contribution is 2.41. The first-order valence-corrected chi connectivity index (χ1v) is 9.24. The summed E-state index contributed by atoms with van der Waals surface area (Å²) in [6.45, 7) is 0. The molecule has 0 spiro atoms. The van der Waals surface area contributed by atoms with Crippen LogP contribution in [0.25, 0.3) is 10.9 Å². The van der Waals surface area contributed by atoms with Crippen molar-refractivity contribution in [2.45, 2.75) is 44.2 Å². The van der Waals surface area contributed by atoms with E-state index >= 15 is 0 Å². The number of aromatic amines is 1. The Balaban J connectivity index is 1.85. The van der Waals surface area contributed by atoms with Crippen LogP contribution >= 0.6 is 0 Å². The van der Waals surface area contributed by atoms with Crippen LogP contribution in [0.4, 0.5) is 5.69 Å². The Bertz CT molecular complexity index is 1050. The second-order valence-electron chi connectivity index (χ2n) is 7.45. The smallest absolute Gasteiger partial charge is 0.326 e. The summed E-state index contributed by atoms with van der Waals surface area (Å²) in [5, 5.41) is 21.0. The molecule has 2 aliphatic rings. The van der Waals surface area contributed by atoms with Crippen molar-refractivity contribution < 1.29 is 19.6 Å². The lowest BCUT2D eigenvalue weighted by Gasteiger charge is -2.33. The van der Waals surface area contributed by atoms with Crippen LogP contribution in [-0.2, 0) is 4.79 Å². The highest BCUT2D eigenvalue weighted by atomic mass is 16.6. The fourth-order valence-electron chi connectivity index (χ4n) is 4.64. The van der Waals surface area contributed by atoms with Gasteiger partial charge in [-0.1, -0.05) is 12.8 Å². The van der Waals surface area contributed by atoms with Crippen molar-refractivity contribution in [3.63, 3.8) is 0 Å². The van der Waals surface area contributed by atoms with E-state index in [1.165, 1.54) is 23.1 Å². The van der Waals surface area contributed by atoms with Crippen molar-refractivity contribution >= 4 is 28.5 Å². The van der Waals surface area contributed by atoms with Gasteiger partial charge in [0.1, 0.15) is 6.04 Å². The van der Waals surface area contributed by atoms with Crippen molar-refractivity contribution in [3.05, 3.63) is 50.3 Å². The van der Waals surface area contributed by atoms with Gasteiger partial charge >= 0.3 is 5.97 Å². The first-order chi connectivity index (χ1) is 13.4. The van der Waals surface area contributed by atoms with E-state index in [9.17, 15) is 29.6 Å². The van der Waals surface area contributed by atoms with Gasteiger partial charge in [0.15, 0.2) is 0 Å². The maximum Gasteiger partial charge on any atom is 0.326 e. The molecule has 146 valence electrons. The van der Waals surface area contributed by atoms with Gasteiger partial charge in [-0.3, -0.25) is 19.7 Å². The first kappa shape index (κ1) is 18.1. The molecule has 2 N–H and O–H groups in total. The number of carbonyl (C=O) groups is 2. The zero-order valence-electron chi connectivity index (χ0n) is 15.0. The van der Waals surface area contributed by atoms with Crippen LogP contribution < -0.4 is 5.56 Å². The normalized spacial score (nSPS) is 24.1. The number of nitrogens with zero attached hydrogens (tertiary/aromatic N) is 2. The number of non-ortho nitro benzene ring substituents is 1. The summed E-state index contributed by atoms with van der Waals surface area (Å²) in [5.41, 5.74) is -0.427. The lowest BCUT2D eigenvalue weighted by Crippen LogP contribution is -2.46. The number of nitrogens with one attached hydrogen (secondary N) is 1. The van der Waals surface area contributed by atoms with Crippen LogP contribution in [-0.4, -0.2) is 43.9 Å². The van der Waals surface area contributed by atoms with Gasteiger partial charge in [-0.05, 0) is 31.2 Å². The topological polar surface area (TPSA) is 134 Å². The molecular weight excluding hydrogens is 366 g/mol. The Morgan fingerprint density at radius 1 is 1.21 bits per heavy atom. The molecule has 1 aliphatic carbocycles. The third-order valence-electron chi connectivity index (χ3n) is 5.88. The zero-order valence-corrected chi connectivity index (χ0v) is 15.0. The number of pyridine rings is 1. The van der Waals surface area contributed by atoms with Gasteiger partial charge in [-0.15, -0.1) is 0 Å². The summed E-state index contributed by atoms with van der Waals surface area (Å²) >= 11 is 0. The highest BCUT2D eigenvalue weighted by Gasteiger charge is 2.48. The maximum atomic E-state index is 13.4. The monoisotopic (exact) mass is 385 g/mol. The number of aromatic nitrogens is 1. The summed E-state index contributed by atoms with van der Waals surface area (Å²) in [7, 11) is 0. The SMILES string of the molecule is O=C(O)C1CC2CCCCC2N1C(=O)c1cc(=O)[nH]c2ccc([N+](=O)[O-])cc12.